The van der Waals surface area contributed by atoms with Crippen LogP contribution in [0.4, 0.5) is 4.39 Å². The summed E-state index contributed by atoms with van der Waals surface area (Å²) in [5, 5.41) is 0.0855. The number of aryl methyl sites for hydroxylation is 1. The first-order chi connectivity index (χ1) is 9.08. The fraction of sp³-hybridized carbons (Fsp3) is 0.0714. The molecule has 3 rings (SSSR count). The van der Waals surface area contributed by atoms with Crippen LogP contribution in [0.15, 0.2) is 36.4 Å². The van der Waals surface area contributed by atoms with Crippen molar-refractivity contribution in [3.8, 4) is 5.69 Å². The highest BCUT2D eigenvalue weighted by Gasteiger charge is 2.10. The predicted molar refractivity (Wildman–Crippen MR) is 78.2 cm³/mol. The van der Waals surface area contributed by atoms with Gasteiger partial charge in [-0.1, -0.05) is 23.7 Å². The van der Waals surface area contributed by atoms with Gasteiger partial charge in [-0.2, -0.15) is 0 Å². The number of hydrogen-bond donors (Lipinski definition) is 1. The van der Waals surface area contributed by atoms with Crippen LogP contribution in [0, 0.1) is 17.5 Å². The van der Waals surface area contributed by atoms with Crippen LogP contribution in [0.1, 0.15) is 5.56 Å². The van der Waals surface area contributed by atoms with E-state index in [1.165, 1.54) is 6.07 Å². The highest BCUT2D eigenvalue weighted by molar-refractivity contribution is 7.71. The van der Waals surface area contributed by atoms with Gasteiger partial charge in [-0.25, -0.2) is 4.39 Å². The van der Waals surface area contributed by atoms with E-state index in [0.29, 0.717) is 4.77 Å². The van der Waals surface area contributed by atoms with Gasteiger partial charge in [0.05, 0.1) is 21.7 Å². The summed E-state index contributed by atoms with van der Waals surface area (Å²) in [4.78, 5) is 3.14. The van der Waals surface area contributed by atoms with Crippen molar-refractivity contribution < 1.29 is 4.39 Å². The lowest BCUT2D eigenvalue weighted by Gasteiger charge is -2.07. The number of aromatic amines is 1. The lowest BCUT2D eigenvalue weighted by atomic mass is 10.2. The van der Waals surface area contributed by atoms with Crippen molar-refractivity contribution in [3.63, 3.8) is 0 Å². The van der Waals surface area contributed by atoms with Gasteiger partial charge in [-0.3, -0.25) is 4.57 Å². The first kappa shape index (κ1) is 12.4. The molecule has 1 N–H and O–H groups in total. The van der Waals surface area contributed by atoms with Crippen molar-refractivity contribution in [2.75, 3.05) is 0 Å². The summed E-state index contributed by atoms with van der Waals surface area (Å²) in [5.74, 6) is -0.437. The molecule has 0 bridgehead atoms. The van der Waals surface area contributed by atoms with Crippen LogP contribution in [0.5, 0.6) is 0 Å². The van der Waals surface area contributed by atoms with Gasteiger partial charge in [0.15, 0.2) is 4.77 Å². The number of para-hydroxylation sites is 1. The zero-order valence-corrected chi connectivity index (χ0v) is 11.6. The molecule has 0 radical (unpaired) electrons. The Labute approximate surface area is 119 Å². The normalized spacial score (nSPS) is 11.1. The predicted octanol–water partition coefficient (Wildman–Crippen LogP) is 4.79. The summed E-state index contributed by atoms with van der Waals surface area (Å²) in [5.41, 5.74) is 3.77. The summed E-state index contributed by atoms with van der Waals surface area (Å²) in [6.45, 7) is 2.01. The second-order valence-electron chi connectivity index (χ2n) is 4.34. The minimum Gasteiger partial charge on any atom is -0.330 e. The van der Waals surface area contributed by atoms with E-state index in [4.69, 9.17) is 23.8 Å². The Morgan fingerprint density at radius 2 is 2.05 bits per heavy atom. The highest BCUT2D eigenvalue weighted by atomic mass is 35.5. The Kier molecular flexibility index (Phi) is 2.92. The number of aromatic nitrogens is 2. The standard InChI is InChI=1S/C14H10ClFN2S/c1-8-3-2-4-12-13(8)18(14(19)17-12)9-5-6-11(16)10(15)7-9/h2-7H,1H3,(H,17,19). The fourth-order valence-corrected chi connectivity index (χ4v) is 2.68. The van der Waals surface area contributed by atoms with Gasteiger partial charge in [0.2, 0.25) is 0 Å². The Morgan fingerprint density at radius 3 is 2.79 bits per heavy atom. The molecule has 0 amide bonds. The molecule has 2 nitrogen and oxygen atoms in total. The first-order valence-corrected chi connectivity index (χ1v) is 6.52. The van der Waals surface area contributed by atoms with E-state index < -0.39 is 5.82 Å². The lowest BCUT2D eigenvalue weighted by Crippen LogP contribution is -1.96. The lowest BCUT2D eigenvalue weighted by molar-refractivity contribution is 0.628. The Hall–Kier alpha value is -1.65. The van der Waals surface area contributed by atoms with Gasteiger partial charge in [-0.15, -0.1) is 0 Å². The molecule has 0 saturated heterocycles. The van der Waals surface area contributed by atoms with Crippen molar-refractivity contribution in [2.45, 2.75) is 6.92 Å². The number of rotatable bonds is 1. The monoisotopic (exact) mass is 292 g/mol. The second kappa shape index (κ2) is 4.47. The topological polar surface area (TPSA) is 20.7 Å². The average Bonchev–Trinajstić information content (AvgIpc) is 2.70. The number of imidazole rings is 1. The van der Waals surface area contributed by atoms with E-state index in [0.717, 1.165) is 22.3 Å². The van der Waals surface area contributed by atoms with E-state index in [1.54, 1.807) is 12.1 Å². The molecule has 1 aromatic heterocycles. The molecule has 5 heteroatoms. The molecule has 0 unspecified atom stereocenters. The number of nitrogens with one attached hydrogen (secondary N) is 1. The smallest absolute Gasteiger partial charge is 0.182 e. The quantitative estimate of drug-likeness (QED) is 0.640. The molecule has 3 aromatic rings. The third-order valence-corrected chi connectivity index (χ3v) is 3.64. The van der Waals surface area contributed by atoms with E-state index in [2.05, 4.69) is 4.98 Å². The van der Waals surface area contributed by atoms with Gasteiger partial charge in [-0.05, 0) is 49.0 Å². The Bertz CT molecular complexity index is 835. The maximum absolute atomic E-state index is 13.3. The number of H-pyrrole nitrogens is 1. The van der Waals surface area contributed by atoms with Crippen LogP contribution < -0.4 is 0 Å². The van der Waals surface area contributed by atoms with E-state index in [-0.39, 0.29) is 5.02 Å². The molecule has 0 spiro atoms. The van der Waals surface area contributed by atoms with Crippen molar-refractivity contribution in [1.29, 1.82) is 0 Å². The Balaban J connectivity index is 2.39. The maximum Gasteiger partial charge on any atom is 0.182 e. The molecule has 0 saturated carbocycles. The van der Waals surface area contributed by atoms with Crippen LogP contribution in [-0.4, -0.2) is 9.55 Å². The van der Waals surface area contributed by atoms with E-state index in [9.17, 15) is 4.39 Å². The number of nitrogens with zero attached hydrogens (tertiary/aromatic N) is 1. The van der Waals surface area contributed by atoms with Gasteiger partial charge in [0.1, 0.15) is 5.82 Å². The Morgan fingerprint density at radius 1 is 1.26 bits per heavy atom. The van der Waals surface area contributed by atoms with Crippen molar-refractivity contribution in [1.82, 2.24) is 9.55 Å². The van der Waals surface area contributed by atoms with Gasteiger partial charge >= 0.3 is 0 Å². The summed E-state index contributed by atoms with van der Waals surface area (Å²) in [6.07, 6.45) is 0. The number of fused-ring (bicyclic) bond motifs is 1. The van der Waals surface area contributed by atoms with Crippen LogP contribution in [0.2, 0.25) is 5.02 Å². The minimum absolute atomic E-state index is 0.0855. The van der Waals surface area contributed by atoms with Crippen LogP contribution in [-0.2, 0) is 0 Å². The number of hydrogen-bond acceptors (Lipinski definition) is 1. The molecular weight excluding hydrogens is 283 g/mol. The highest BCUT2D eigenvalue weighted by Crippen LogP contribution is 2.25. The van der Waals surface area contributed by atoms with Gasteiger partial charge in [0.25, 0.3) is 0 Å². The summed E-state index contributed by atoms with van der Waals surface area (Å²) < 4.78 is 15.7. The third-order valence-electron chi connectivity index (χ3n) is 3.07. The van der Waals surface area contributed by atoms with Crippen LogP contribution in [0.25, 0.3) is 16.7 Å². The molecule has 0 aliphatic rings. The van der Waals surface area contributed by atoms with Crippen LogP contribution in [0.3, 0.4) is 0 Å². The molecule has 96 valence electrons. The van der Waals surface area contributed by atoms with Crippen LogP contribution >= 0.6 is 23.8 Å². The SMILES string of the molecule is Cc1cccc2[nH]c(=S)n(-c3ccc(F)c(Cl)c3)c12. The average molecular weight is 293 g/mol. The maximum atomic E-state index is 13.3. The zero-order valence-electron chi connectivity index (χ0n) is 10.1. The second-order valence-corrected chi connectivity index (χ2v) is 5.13. The molecule has 0 atom stereocenters. The summed E-state index contributed by atoms with van der Waals surface area (Å²) in [7, 11) is 0. The summed E-state index contributed by atoms with van der Waals surface area (Å²) in [6, 6.07) is 10.5. The van der Waals surface area contributed by atoms with Crippen molar-refractivity contribution in [2.24, 2.45) is 0 Å². The largest absolute Gasteiger partial charge is 0.330 e. The van der Waals surface area contributed by atoms with E-state index >= 15 is 0 Å². The molecule has 0 aliphatic heterocycles. The van der Waals surface area contributed by atoms with E-state index in [1.807, 2.05) is 29.7 Å². The van der Waals surface area contributed by atoms with Gasteiger partial charge in [0, 0.05) is 0 Å². The third kappa shape index (κ3) is 1.97. The van der Waals surface area contributed by atoms with Crippen molar-refractivity contribution >= 4 is 34.9 Å². The number of benzene rings is 2. The first-order valence-electron chi connectivity index (χ1n) is 5.73. The summed E-state index contributed by atoms with van der Waals surface area (Å²) >= 11 is 11.2. The molecular formula is C14H10ClFN2S. The molecule has 1 heterocycles. The van der Waals surface area contributed by atoms with Crippen molar-refractivity contribution in [3.05, 3.63) is 57.6 Å². The molecule has 0 fully saturated rings. The molecule has 19 heavy (non-hydrogen) atoms. The minimum atomic E-state index is -0.437. The molecule has 0 aliphatic carbocycles. The number of halogens is 2. The fourth-order valence-electron chi connectivity index (χ4n) is 2.20. The molecule has 2 aromatic carbocycles. The zero-order chi connectivity index (χ0) is 13.6. The van der Waals surface area contributed by atoms with Gasteiger partial charge < -0.3 is 4.98 Å².